The van der Waals surface area contributed by atoms with Gasteiger partial charge in [0, 0.05) is 26.2 Å². The maximum atomic E-state index is 12.4. The molecule has 0 bridgehead atoms. The summed E-state index contributed by atoms with van der Waals surface area (Å²) >= 11 is 0. The minimum atomic E-state index is -3.44. The summed E-state index contributed by atoms with van der Waals surface area (Å²) in [6.45, 7) is 7.88. The van der Waals surface area contributed by atoms with Crippen molar-refractivity contribution in [2.75, 3.05) is 26.2 Å². The first-order valence-electron chi connectivity index (χ1n) is 8.01. The average Bonchev–Trinajstić information content (AvgIpc) is 2.46. The van der Waals surface area contributed by atoms with Gasteiger partial charge in [-0.05, 0) is 24.6 Å². The third-order valence-electron chi connectivity index (χ3n) is 4.23. The van der Waals surface area contributed by atoms with E-state index < -0.39 is 10.0 Å². The number of carbonyl (C=O) groups is 1. The quantitative estimate of drug-likeness (QED) is 0.757. The molecule has 24 heavy (non-hydrogen) atoms. The molecule has 1 fully saturated rings. The molecule has 0 radical (unpaired) electrons. The maximum Gasteiger partial charge on any atom is 0.243 e. The van der Waals surface area contributed by atoms with Gasteiger partial charge in [0.05, 0.1) is 16.9 Å². The maximum absolute atomic E-state index is 12.4. The Morgan fingerprint density at radius 3 is 2.21 bits per heavy atom. The fourth-order valence-electron chi connectivity index (χ4n) is 2.53. The van der Waals surface area contributed by atoms with Gasteiger partial charge in [0.1, 0.15) is 0 Å². The highest BCUT2D eigenvalue weighted by Crippen LogP contribution is 2.20. The van der Waals surface area contributed by atoms with Crippen molar-refractivity contribution in [2.24, 2.45) is 5.92 Å². The van der Waals surface area contributed by atoms with Gasteiger partial charge in [-0.15, -0.1) is 12.4 Å². The molecule has 1 amide bonds. The van der Waals surface area contributed by atoms with Crippen LogP contribution in [0.4, 0.5) is 0 Å². The molecule has 1 saturated heterocycles. The SMILES string of the molecule is CCN(CC)S(=O)(=O)c1ccc(C(C)NC(=O)C2CNC2)cc1.Cl. The van der Waals surface area contributed by atoms with Crippen molar-refractivity contribution in [1.82, 2.24) is 14.9 Å². The lowest BCUT2D eigenvalue weighted by Crippen LogP contribution is -2.51. The van der Waals surface area contributed by atoms with Crippen LogP contribution in [0, 0.1) is 5.92 Å². The van der Waals surface area contributed by atoms with E-state index in [2.05, 4.69) is 10.6 Å². The lowest BCUT2D eigenvalue weighted by molar-refractivity contribution is -0.127. The van der Waals surface area contributed by atoms with Crippen molar-refractivity contribution in [1.29, 1.82) is 0 Å². The van der Waals surface area contributed by atoms with Gasteiger partial charge in [0.15, 0.2) is 0 Å². The lowest BCUT2D eigenvalue weighted by atomic mass is 10.0. The van der Waals surface area contributed by atoms with Crippen LogP contribution in [0.5, 0.6) is 0 Å². The van der Waals surface area contributed by atoms with Crippen LogP contribution >= 0.6 is 12.4 Å². The minimum absolute atomic E-state index is 0. The Labute approximate surface area is 150 Å². The minimum Gasteiger partial charge on any atom is -0.349 e. The summed E-state index contributed by atoms with van der Waals surface area (Å²) in [7, 11) is -3.44. The Morgan fingerprint density at radius 2 is 1.79 bits per heavy atom. The number of nitrogens with one attached hydrogen (secondary N) is 2. The third kappa shape index (κ3) is 4.47. The molecule has 0 spiro atoms. The first kappa shape index (κ1) is 20.9. The second-order valence-electron chi connectivity index (χ2n) is 5.74. The first-order valence-corrected chi connectivity index (χ1v) is 9.45. The topological polar surface area (TPSA) is 78.5 Å². The number of sulfonamides is 1. The number of halogens is 1. The Bertz CT molecular complexity index is 641. The number of benzene rings is 1. The van der Waals surface area contributed by atoms with Gasteiger partial charge < -0.3 is 10.6 Å². The summed E-state index contributed by atoms with van der Waals surface area (Å²) in [5, 5.41) is 6.03. The highest BCUT2D eigenvalue weighted by atomic mass is 35.5. The molecule has 136 valence electrons. The summed E-state index contributed by atoms with van der Waals surface area (Å²) in [6, 6.07) is 6.60. The predicted octanol–water partition coefficient (Wildman–Crippen LogP) is 1.54. The second kappa shape index (κ2) is 8.80. The van der Waals surface area contributed by atoms with Crippen molar-refractivity contribution in [2.45, 2.75) is 31.7 Å². The van der Waals surface area contributed by atoms with E-state index in [0.717, 1.165) is 18.7 Å². The van der Waals surface area contributed by atoms with Crippen molar-refractivity contribution < 1.29 is 13.2 Å². The largest absolute Gasteiger partial charge is 0.349 e. The van der Waals surface area contributed by atoms with E-state index in [4.69, 9.17) is 0 Å². The van der Waals surface area contributed by atoms with Gasteiger partial charge in [-0.3, -0.25) is 4.79 Å². The fraction of sp³-hybridized carbons (Fsp3) is 0.562. The lowest BCUT2D eigenvalue weighted by Gasteiger charge is -2.27. The summed E-state index contributed by atoms with van der Waals surface area (Å²) in [4.78, 5) is 12.2. The molecule has 1 atom stereocenters. The number of amides is 1. The molecule has 0 aliphatic carbocycles. The van der Waals surface area contributed by atoms with Gasteiger partial charge >= 0.3 is 0 Å². The van der Waals surface area contributed by atoms with Crippen LogP contribution in [0.2, 0.25) is 0 Å². The molecular weight excluding hydrogens is 350 g/mol. The zero-order chi connectivity index (χ0) is 17.0. The number of nitrogens with zero attached hydrogens (tertiary/aromatic N) is 1. The van der Waals surface area contributed by atoms with E-state index in [9.17, 15) is 13.2 Å². The highest BCUT2D eigenvalue weighted by Gasteiger charge is 2.26. The molecular formula is C16H26ClN3O3S. The number of rotatable bonds is 7. The summed E-state index contributed by atoms with van der Waals surface area (Å²) in [5.41, 5.74) is 0.893. The molecule has 6 nitrogen and oxygen atoms in total. The third-order valence-corrected chi connectivity index (χ3v) is 6.30. The van der Waals surface area contributed by atoms with Crippen LogP contribution in [-0.4, -0.2) is 44.8 Å². The van der Waals surface area contributed by atoms with E-state index in [-0.39, 0.29) is 35.2 Å². The van der Waals surface area contributed by atoms with Crippen LogP contribution in [0.15, 0.2) is 29.2 Å². The van der Waals surface area contributed by atoms with Crippen molar-refractivity contribution in [3.63, 3.8) is 0 Å². The molecule has 0 saturated carbocycles. The smallest absolute Gasteiger partial charge is 0.243 e. The number of hydrogen-bond donors (Lipinski definition) is 2. The van der Waals surface area contributed by atoms with Crippen LogP contribution < -0.4 is 10.6 Å². The molecule has 2 rings (SSSR count). The molecule has 8 heteroatoms. The van der Waals surface area contributed by atoms with Gasteiger partial charge in [0.2, 0.25) is 15.9 Å². The van der Waals surface area contributed by atoms with E-state index in [1.54, 1.807) is 24.3 Å². The molecule has 1 heterocycles. The summed E-state index contributed by atoms with van der Waals surface area (Å²) in [6.07, 6.45) is 0. The van der Waals surface area contributed by atoms with Crippen LogP contribution in [-0.2, 0) is 14.8 Å². The van der Waals surface area contributed by atoms with Gasteiger partial charge in [-0.25, -0.2) is 8.42 Å². The first-order chi connectivity index (χ1) is 10.9. The number of hydrogen-bond acceptors (Lipinski definition) is 4. The van der Waals surface area contributed by atoms with Gasteiger partial charge in [-0.1, -0.05) is 26.0 Å². The second-order valence-corrected chi connectivity index (χ2v) is 7.68. The van der Waals surface area contributed by atoms with E-state index >= 15 is 0 Å². The van der Waals surface area contributed by atoms with Crippen molar-refractivity contribution in [3.05, 3.63) is 29.8 Å². The Balaban J connectivity index is 0.00000288. The average molecular weight is 376 g/mol. The molecule has 1 unspecified atom stereocenters. The molecule has 2 N–H and O–H groups in total. The molecule has 1 aromatic carbocycles. The van der Waals surface area contributed by atoms with Crippen molar-refractivity contribution >= 4 is 28.3 Å². The molecule has 1 aliphatic rings. The highest BCUT2D eigenvalue weighted by molar-refractivity contribution is 7.89. The van der Waals surface area contributed by atoms with Gasteiger partial charge in [-0.2, -0.15) is 4.31 Å². The van der Waals surface area contributed by atoms with E-state index in [0.29, 0.717) is 13.1 Å². The summed E-state index contributed by atoms with van der Waals surface area (Å²) in [5.74, 6) is 0.0795. The Hall–Kier alpha value is -1.15. The van der Waals surface area contributed by atoms with Crippen LogP contribution in [0.3, 0.4) is 0 Å². The monoisotopic (exact) mass is 375 g/mol. The van der Waals surface area contributed by atoms with Crippen LogP contribution in [0.25, 0.3) is 0 Å². The van der Waals surface area contributed by atoms with Crippen molar-refractivity contribution in [3.8, 4) is 0 Å². The zero-order valence-electron chi connectivity index (χ0n) is 14.3. The standard InChI is InChI=1S/C16H25N3O3S.ClH/c1-4-19(5-2)23(21,22)15-8-6-13(7-9-15)12(3)18-16(20)14-10-17-11-14;/h6-9,12,14,17H,4-5,10-11H2,1-3H3,(H,18,20);1H. The normalized spacial score (nSPS) is 16.2. The zero-order valence-corrected chi connectivity index (χ0v) is 15.9. The molecule has 1 aliphatic heterocycles. The van der Waals surface area contributed by atoms with E-state index in [1.165, 1.54) is 4.31 Å². The van der Waals surface area contributed by atoms with Crippen LogP contribution in [0.1, 0.15) is 32.4 Å². The van der Waals surface area contributed by atoms with E-state index in [1.807, 2.05) is 20.8 Å². The predicted molar refractivity (Wildman–Crippen MR) is 96.7 cm³/mol. The Morgan fingerprint density at radius 1 is 1.25 bits per heavy atom. The fourth-order valence-corrected chi connectivity index (χ4v) is 3.99. The summed E-state index contributed by atoms with van der Waals surface area (Å²) < 4.78 is 26.3. The molecule has 1 aromatic rings. The van der Waals surface area contributed by atoms with Gasteiger partial charge in [0.25, 0.3) is 0 Å². The molecule has 0 aromatic heterocycles. The number of carbonyl (C=O) groups excluding carboxylic acids is 1. The Kier molecular flexibility index (Phi) is 7.66.